The van der Waals surface area contributed by atoms with E-state index in [9.17, 15) is 4.79 Å². The summed E-state index contributed by atoms with van der Waals surface area (Å²) in [5, 5.41) is 14.7. The summed E-state index contributed by atoms with van der Waals surface area (Å²) in [6.45, 7) is 1.69. The number of methoxy groups -OCH3 is 1. The predicted octanol–water partition coefficient (Wildman–Crippen LogP) is 3.54. The molecule has 2 aromatic heterocycles. The minimum absolute atomic E-state index is 0.229. The summed E-state index contributed by atoms with van der Waals surface area (Å²) in [4.78, 5) is 18.8. The molecular weight excluding hydrogens is 412 g/mol. The van der Waals surface area contributed by atoms with Crippen LogP contribution in [0.25, 0.3) is 0 Å². The van der Waals surface area contributed by atoms with Crippen molar-refractivity contribution in [2.45, 2.75) is 12.5 Å². The molecule has 1 aliphatic heterocycles. The summed E-state index contributed by atoms with van der Waals surface area (Å²) in [5.74, 6) is 1.27. The lowest BCUT2D eigenvalue weighted by Gasteiger charge is -2.22. The van der Waals surface area contributed by atoms with Crippen LogP contribution in [0.15, 0.2) is 42.0 Å². The molecular formula is C19H19ClN6O2S. The largest absolute Gasteiger partial charge is 0.495 e. The summed E-state index contributed by atoms with van der Waals surface area (Å²) in [5.41, 5.74) is 3.01. The number of ether oxygens (including phenoxy) is 1. The van der Waals surface area contributed by atoms with Crippen LogP contribution in [0.1, 0.15) is 16.8 Å². The van der Waals surface area contributed by atoms with E-state index in [0.29, 0.717) is 15.7 Å². The lowest BCUT2D eigenvalue weighted by atomic mass is 10.2. The first kappa shape index (κ1) is 19.4. The highest BCUT2D eigenvalue weighted by Gasteiger charge is 2.25. The third-order valence-electron chi connectivity index (χ3n) is 4.63. The number of benzene rings is 1. The van der Waals surface area contributed by atoms with Crippen molar-refractivity contribution in [3.8, 4) is 5.75 Å². The lowest BCUT2D eigenvalue weighted by molar-refractivity contribution is 0.102. The Labute approximate surface area is 176 Å². The van der Waals surface area contributed by atoms with Gasteiger partial charge >= 0.3 is 0 Å². The molecule has 1 saturated heterocycles. The van der Waals surface area contributed by atoms with E-state index in [2.05, 4.69) is 30.7 Å². The summed E-state index contributed by atoms with van der Waals surface area (Å²) in [6.07, 6.45) is 2.50. The van der Waals surface area contributed by atoms with Gasteiger partial charge in [-0.25, -0.2) is 4.98 Å². The summed E-state index contributed by atoms with van der Waals surface area (Å²) in [7, 11) is 1.66. The van der Waals surface area contributed by atoms with E-state index in [1.165, 1.54) is 11.3 Å². The first-order valence-corrected chi connectivity index (χ1v) is 10.3. The van der Waals surface area contributed by atoms with Crippen molar-refractivity contribution in [1.29, 1.82) is 0 Å². The maximum atomic E-state index is 12.2. The van der Waals surface area contributed by atoms with Gasteiger partial charge in [-0.2, -0.15) is 0 Å². The number of carbonyl (C=O) groups excluding carboxylic acids is 1. The standard InChI is InChI=1S/C19H19ClN6O2S/c1-28-16-4-3-13(20)8-15(16)26-7-6-14(10-26)23-17-5-2-12(9-21-17)18(27)24-19-25-22-11-29-19/h2-5,8-9,11,14H,6-7,10H2,1H3,(H,21,23)(H,24,25,27). The molecule has 0 aliphatic carbocycles. The number of amides is 1. The third kappa shape index (κ3) is 4.57. The summed E-state index contributed by atoms with van der Waals surface area (Å²) in [6, 6.07) is 9.39. The maximum absolute atomic E-state index is 12.2. The van der Waals surface area contributed by atoms with E-state index >= 15 is 0 Å². The first-order valence-electron chi connectivity index (χ1n) is 9.01. The molecule has 8 nitrogen and oxygen atoms in total. The van der Waals surface area contributed by atoms with Gasteiger partial charge in [0.2, 0.25) is 5.13 Å². The second kappa shape index (κ2) is 8.62. The Bertz CT molecular complexity index is 983. The SMILES string of the molecule is COc1ccc(Cl)cc1N1CCC(Nc2ccc(C(=O)Nc3nncs3)cn2)C1. The molecule has 29 heavy (non-hydrogen) atoms. The van der Waals surface area contributed by atoms with E-state index < -0.39 is 0 Å². The van der Waals surface area contributed by atoms with Gasteiger partial charge in [-0.05, 0) is 36.8 Å². The first-order chi connectivity index (χ1) is 14.1. The van der Waals surface area contributed by atoms with Crippen LogP contribution in [0, 0.1) is 0 Å². The molecule has 1 atom stereocenters. The molecule has 1 aromatic carbocycles. The molecule has 4 rings (SSSR count). The highest BCUT2D eigenvalue weighted by Crippen LogP contribution is 2.33. The van der Waals surface area contributed by atoms with Gasteiger partial charge in [0.15, 0.2) is 0 Å². The number of anilines is 3. The highest BCUT2D eigenvalue weighted by atomic mass is 35.5. The van der Waals surface area contributed by atoms with Gasteiger partial charge in [-0.3, -0.25) is 10.1 Å². The van der Waals surface area contributed by atoms with E-state index in [1.807, 2.05) is 18.2 Å². The number of pyridine rings is 1. The third-order valence-corrected chi connectivity index (χ3v) is 5.47. The minimum Gasteiger partial charge on any atom is -0.495 e. The molecule has 10 heteroatoms. The van der Waals surface area contributed by atoms with Crippen LogP contribution in [0.3, 0.4) is 0 Å². The van der Waals surface area contributed by atoms with Gasteiger partial charge in [0.1, 0.15) is 17.1 Å². The molecule has 2 N–H and O–H groups in total. The Hall–Kier alpha value is -2.91. The Morgan fingerprint density at radius 1 is 1.34 bits per heavy atom. The molecule has 3 heterocycles. The van der Waals surface area contributed by atoms with Gasteiger partial charge in [-0.15, -0.1) is 10.2 Å². The van der Waals surface area contributed by atoms with E-state index in [1.54, 1.807) is 30.9 Å². The molecule has 0 spiro atoms. The van der Waals surface area contributed by atoms with Crippen molar-refractivity contribution in [2.75, 3.05) is 35.7 Å². The average Bonchev–Trinajstić information content (AvgIpc) is 3.40. The zero-order valence-corrected chi connectivity index (χ0v) is 17.2. The van der Waals surface area contributed by atoms with Crippen molar-refractivity contribution in [3.05, 3.63) is 52.6 Å². The lowest BCUT2D eigenvalue weighted by Crippen LogP contribution is -2.26. The predicted molar refractivity (Wildman–Crippen MR) is 114 cm³/mol. The van der Waals surface area contributed by atoms with Gasteiger partial charge in [0, 0.05) is 30.4 Å². The number of carbonyl (C=O) groups is 1. The molecule has 150 valence electrons. The highest BCUT2D eigenvalue weighted by molar-refractivity contribution is 7.13. The quantitative estimate of drug-likeness (QED) is 0.617. The topological polar surface area (TPSA) is 92.3 Å². The second-order valence-electron chi connectivity index (χ2n) is 6.52. The van der Waals surface area contributed by atoms with E-state index in [0.717, 1.165) is 36.8 Å². The number of hydrogen-bond donors (Lipinski definition) is 2. The number of halogens is 1. The van der Waals surface area contributed by atoms with Crippen LogP contribution in [0.2, 0.25) is 5.02 Å². The van der Waals surface area contributed by atoms with Gasteiger partial charge in [-0.1, -0.05) is 22.9 Å². The van der Waals surface area contributed by atoms with Gasteiger partial charge < -0.3 is 15.0 Å². The van der Waals surface area contributed by atoms with Gasteiger partial charge in [0.25, 0.3) is 5.91 Å². The van der Waals surface area contributed by atoms with Crippen LogP contribution in [0.4, 0.5) is 16.6 Å². The number of rotatable bonds is 6. The van der Waals surface area contributed by atoms with Crippen LogP contribution in [-0.2, 0) is 0 Å². The fourth-order valence-electron chi connectivity index (χ4n) is 3.23. The zero-order valence-electron chi connectivity index (χ0n) is 15.6. The molecule has 0 bridgehead atoms. The molecule has 1 aliphatic rings. The fourth-order valence-corrected chi connectivity index (χ4v) is 3.83. The van der Waals surface area contributed by atoms with Crippen LogP contribution in [-0.4, -0.2) is 47.3 Å². The summed E-state index contributed by atoms with van der Waals surface area (Å²) < 4.78 is 5.46. The monoisotopic (exact) mass is 430 g/mol. The Morgan fingerprint density at radius 3 is 2.97 bits per heavy atom. The number of hydrogen-bond acceptors (Lipinski definition) is 8. The van der Waals surface area contributed by atoms with Crippen molar-refractivity contribution in [2.24, 2.45) is 0 Å². The Kier molecular flexibility index (Phi) is 5.77. The van der Waals surface area contributed by atoms with Crippen LogP contribution >= 0.6 is 22.9 Å². The van der Waals surface area contributed by atoms with Crippen molar-refractivity contribution >= 4 is 45.5 Å². The smallest absolute Gasteiger partial charge is 0.259 e. The molecule has 1 amide bonds. The molecule has 1 fully saturated rings. The maximum Gasteiger partial charge on any atom is 0.259 e. The molecule has 0 saturated carbocycles. The fraction of sp³-hybridized carbons (Fsp3) is 0.263. The Morgan fingerprint density at radius 2 is 2.24 bits per heavy atom. The molecule has 0 radical (unpaired) electrons. The second-order valence-corrected chi connectivity index (χ2v) is 7.79. The van der Waals surface area contributed by atoms with E-state index in [-0.39, 0.29) is 11.9 Å². The average molecular weight is 431 g/mol. The van der Waals surface area contributed by atoms with Crippen LogP contribution in [0.5, 0.6) is 5.75 Å². The van der Waals surface area contributed by atoms with E-state index in [4.69, 9.17) is 16.3 Å². The molecule has 3 aromatic rings. The zero-order chi connectivity index (χ0) is 20.2. The minimum atomic E-state index is -0.263. The normalized spacial score (nSPS) is 15.9. The molecule has 1 unspecified atom stereocenters. The van der Waals surface area contributed by atoms with Crippen molar-refractivity contribution < 1.29 is 9.53 Å². The Balaban J connectivity index is 1.37. The number of nitrogens with zero attached hydrogens (tertiary/aromatic N) is 4. The number of aromatic nitrogens is 3. The van der Waals surface area contributed by atoms with Crippen molar-refractivity contribution in [3.63, 3.8) is 0 Å². The van der Waals surface area contributed by atoms with Crippen LogP contribution < -0.4 is 20.3 Å². The summed E-state index contributed by atoms with van der Waals surface area (Å²) >= 11 is 7.42. The number of nitrogens with one attached hydrogen (secondary N) is 2. The van der Waals surface area contributed by atoms with Crippen molar-refractivity contribution in [1.82, 2.24) is 15.2 Å². The van der Waals surface area contributed by atoms with Gasteiger partial charge in [0.05, 0.1) is 18.4 Å².